The lowest BCUT2D eigenvalue weighted by Gasteiger charge is -1.94. The summed E-state index contributed by atoms with van der Waals surface area (Å²) >= 11 is 0. The molecule has 5 N–H and O–H groups in total. The van der Waals surface area contributed by atoms with Crippen molar-refractivity contribution in [3.8, 4) is 0 Å². The number of hydrogen-bond acceptors (Lipinski definition) is 7. The van der Waals surface area contributed by atoms with E-state index in [1.54, 1.807) is 0 Å². The van der Waals surface area contributed by atoms with Crippen LogP contribution in [-0.2, 0) is 6.54 Å². The highest BCUT2D eigenvalue weighted by molar-refractivity contribution is 5.14. The monoisotopic (exact) mass is 141 g/mol. The Kier molecular flexibility index (Phi) is 2.03. The summed E-state index contributed by atoms with van der Waals surface area (Å²) in [7, 11) is 0. The molecule has 0 bridgehead atoms. The zero-order valence-electron chi connectivity index (χ0n) is 5.15. The van der Waals surface area contributed by atoms with Crippen LogP contribution in [0.4, 0.5) is 5.95 Å². The summed E-state index contributed by atoms with van der Waals surface area (Å²) in [6, 6.07) is 0. The Hall–Kier alpha value is -1.34. The first-order valence-electron chi connectivity index (χ1n) is 2.59. The van der Waals surface area contributed by atoms with Crippen molar-refractivity contribution in [2.45, 2.75) is 6.54 Å². The number of aromatic nitrogens is 4. The fourth-order valence-corrected chi connectivity index (χ4v) is 0.390. The van der Waals surface area contributed by atoms with Gasteiger partial charge in [0.2, 0.25) is 0 Å². The molecule has 0 aliphatic rings. The second-order valence-electron chi connectivity index (χ2n) is 1.49. The summed E-state index contributed by atoms with van der Waals surface area (Å²) in [5.41, 5.74) is 7.37. The Morgan fingerprint density at radius 3 is 2.20 bits per heavy atom. The van der Waals surface area contributed by atoms with Crippen LogP contribution in [0.25, 0.3) is 0 Å². The van der Waals surface area contributed by atoms with Gasteiger partial charge in [-0.05, 0) is 0 Å². The second-order valence-corrected chi connectivity index (χ2v) is 1.49. The van der Waals surface area contributed by atoms with Gasteiger partial charge in [0.15, 0.2) is 5.82 Å². The van der Waals surface area contributed by atoms with Crippen LogP contribution in [0.3, 0.4) is 0 Å². The minimum atomic E-state index is 0.178. The van der Waals surface area contributed by atoms with E-state index in [1.807, 2.05) is 0 Å². The number of nitrogens with one attached hydrogen (secondary N) is 1. The molecular weight excluding hydrogens is 134 g/mol. The molecule has 0 radical (unpaired) electrons. The molecule has 10 heavy (non-hydrogen) atoms. The SMILES string of the molecule is NCc1nnc(NN)nn1. The van der Waals surface area contributed by atoms with E-state index in [1.165, 1.54) is 0 Å². The summed E-state index contributed by atoms with van der Waals surface area (Å²) in [4.78, 5) is 0. The average Bonchev–Trinajstić information content (AvgIpc) is 2.05. The van der Waals surface area contributed by atoms with Crippen molar-refractivity contribution in [2.75, 3.05) is 5.43 Å². The topological polar surface area (TPSA) is 116 Å². The van der Waals surface area contributed by atoms with E-state index in [9.17, 15) is 0 Å². The molecule has 0 unspecified atom stereocenters. The largest absolute Gasteiger partial charge is 0.324 e. The summed E-state index contributed by atoms with van der Waals surface area (Å²) in [6.07, 6.45) is 0. The maximum absolute atomic E-state index is 5.18. The number of anilines is 1. The molecule has 54 valence electrons. The molecule has 0 saturated carbocycles. The van der Waals surface area contributed by atoms with E-state index >= 15 is 0 Å². The Balaban J connectivity index is 2.80. The van der Waals surface area contributed by atoms with Gasteiger partial charge in [0.25, 0.3) is 5.95 Å². The lowest BCUT2D eigenvalue weighted by molar-refractivity contribution is 0.760. The predicted molar refractivity (Wildman–Crippen MR) is 33.3 cm³/mol. The fraction of sp³-hybridized carbons (Fsp3) is 0.333. The van der Waals surface area contributed by atoms with Crippen LogP contribution in [0.1, 0.15) is 5.82 Å². The third kappa shape index (κ3) is 1.33. The van der Waals surface area contributed by atoms with Gasteiger partial charge in [0, 0.05) is 0 Å². The summed E-state index contributed by atoms with van der Waals surface area (Å²) in [5.74, 6) is 5.52. The summed E-state index contributed by atoms with van der Waals surface area (Å²) < 4.78 is 0. The summed E-state index contributed by atoms with van der Waals surface area (Å²) in [5, 5.41) is 14.2. The van der Waals surface area contributed by atoms with Crippen molar-refractivity contribution in [1.29, 1.82) is 0 Å². The quantitative estimate of drug-likeness (QED) is 0.322. The first-order chi connectivity index (χ1) is 4.86. The molecule has 1 aromatic heterocycles. The number of rotatable bonds is 2. The van der Waals surface area contributed by atoms with Crippen LogP contribution in [0.2, 0.25) is 0 Å². The van der Waals surface area contributed by atoms with Crippen molar-refractivity contribution in [1.82, 2.24) is 20.4 Å². The van der Waals surface area contributed by atoms with Crippen LogP contribution >= 0.6 is 0 Å². The number of nitrogen functional groups attached to an aromatic ring is 1. The van der Waals surface area contributed by atoms with E-state index < -0.39 is 0 Å². The fourth-order valence-electron chi connectivity index (χ4n) is 0.390. The van der Waals surface area contributed by atoms with E-state index in [0.29, 0.717) is 5.82 Å². The van der Waals surface area contributed by atoms with Gasteiger partial charge in [-0.2, -0.15) is 0 Å². The second kappa shape index (κ2) is 2.99. The van der Waals surface area contributed by atoms with Crippen molar-refractivity contribution >= 4 is 5.95 Å². The molecule has 1 heterocycles. The third-order valence-electron chi connectivity index (χ3n) is 0.832. The van der Waals surface area contributed by atoms with Crippen LogP contribution < -0.4 is 17.0 Å². The Morgan fingerprint density at radius 1 is 1.20 bits per heavy atom. The van der Waals surface area contributed by atoms with Crippen LogP contribution in [0, 0.1) is 0 Å². The molecular formula is C3H7N7. The van der Waals surface area contributed by atoms with E-state index in [2.05, 4.69) is 25.8 Å². The van der Waals surface area contributed by atoms with Crippen LogP contribution in [0.15, 0.2) is 0 Å². The molecule has 0 atom stereocenters. The molecule has 1 rings (SSSR count). The lowest BCUT2D eigenvalue weighted by atomic mass is 10.6. The van der Waals surface area contributed by atoms with Gasteiger partial charge in [-0.15, -0.1) is 20.4 Å². The first kappa shape index (κ1) is 6.78. The third-order valence-corrected chi connectivity index (χ3v) is 0.832. The molecule has 7 heteroatoms. The van der Waals surface area contributed by atoms with E-state index in [0.717, 1.165) is 0 Å². The lowest BCUT2D eigenvalue weighted by Crippen LogP contribution is -2.14. The van der Waals surface area contributed by atoms with Crippen molar-refractivity contribution < 1.29 is 0 Å². The number of nitrogens with zero attached hydrogens (tertiary/aromatic N) is 4. The van der Waals surface area contributed by atoms with Gasteiger partial charge in [0.05, 0.1) is 6.54 Å². The standard InChI is InChI=1S/C3H7N7/c4-1-2-7-9-3(6-5)10-8-2/h1,4-5H2,(H,6,9,10). The predicted octanol–water partition coefficient (Wildman–Crippen LogP) is -1.99. The molecule has 0 fully saturated rings. The molecule has 0 aliphatic heterocycles. The average molecular weight is 141 g/mol. The van der Waals surface area contributed by atoms with E-state index in [4.69, 9.17) is 11.6 Å². The van der Waals surface area contributed by atoms with Gasteiger partial charge < -0.3 is 5.73 Å². The minimum absolute atomic E-state index is 0.178. The molecule has 0 aliphatic carbocycles. The molecule has 1 aromatic rings. The molecule has 7 nitrogen and oxygen atoms in total. The smallest absolute Gasteiger partial charge is 0.276 e. The van der Waals surface area contributed by atoms with Crippen molar-refractivity contribution in [3.05, 3.63) is 5.82 Å². The molecule has 0 amide bonds. The number of nitrogens with two attached hydrogens (primary N) is 2. The first-order valence-corrected chi connectivity index (χ1v) is 2.59. The zero-order chi connectivity index (χ0) is 7.40. The van der Waals surface area contributed by atoms with Gasteiger partial charge in [0.1, 0.15) is 0 Å². The summed E-state index contributed by atoms with van der Waals surface area (Å²) in [6.45, 7) is 0.227. The Morgan fingerprint density at radius 2 is 1.80 bits per heavy atom. The van der Waals surface area contributed by atoms with Crippen molar-refractivity contribution in [3.63, 3.8) is 0 Å². The number of hydrazine groups is 1. The maximum atomic E-state index is 5.18. The van der Waals surface area contributed by atoms with Crippen LogP contribution in [0.5, 0.6) is 0 Å². The Labute approximate surface area is 56.8 Å². The van der Waals surface area contributed by atoms with Gasteiger partial charge in [-0.1, -0.05) is 0 Å². The number of hydrogen-bond donors (Lipinski definition) is 3. The highest BCUT2D eigenvalue weighted by Crippen LogP contribution is 1.86. The van der Waals surface area contributed by atoms with Crippen LogP contribution in [-0.4, -0.2) is 20.4 Å². The highest BCUT2D eigenvalue weighted by atomic mass is 15.4. The minimum Gasteiger partial charge on any atom is -0.324 e. The van der Waals surface area contributed by atoms with E-state index in [-0.39, 0.29) is 12.5 Å². The maximum Gasteiger partial charge on any atom is 0.276 e. The highest BCUT2D eigenvalue weighted by Gasteiger charge is 1.94. The van der Waals surface area contributed by atoms with Crippen molar-refractivity contribution in [2.24, 2.45) is 11.6 Å². The van der Waals surface area contributed by atoms with Gasteiger partial charge in [-0.25, -0.2) is 5.84 Å². The zero-order valence-corrected chi connectivity index (χ0v) is 5.15. The Bertz CT molecular complexity index is 170. The van der Waals surface area contributed by atoms with Gasteiger partial charge in [-0.3, -0.25) is 5.43 Å². The molecule has 0 saturated heterocycles. The molecule has 0 aromatic carbocycles. The normalized spacial score (nSPS) is 9.40. The molecule has 0 spiro atoms. The van der Waals surface area contributed by atoms with Gasteiger partial charge >= 0.3 is 0 Å².